The van der Waals surface area contributed by atoms with Crippen molar-refractivity contribution in [2.75, 3.05) is 24.6 Å². The molecule has 0 atom stereocenters. The molecule has 0 radical (unpaired) electrons. The van der Waals surface area contributed by atoms with E-state index in [1.54, 1.807) is 6.07 Å². The van der Waals surface area contributed by atoms with Gasteiger partial charge in [-0.05, 0) is 30.9 Å². The molecule has 21 heavy (non-hydrogen) atoms. The van der Waals surface area contributed by atoms with Gasteiger partial charge in [-0.25, -0.2) is 14.8 Å². The van der Waals surface area contributed by atoms with Crippen molar-refractivity contribution in [3.8, 4) is 0 Å². The molecule has 0 aliphatic carbocycles. The summed E-state index contributed by atoms with van der Waals surface area (Å²) >= 11 is 0. The summed E-state index contributed by atoms with van der Waals surface area (Å²) in [5.74, 6) is -0.289. The standard InChI is InChI=1S/C15H17N3O3/c19-9-10-5-7-18(8-6-10)14-11-3-1-2-4-12(11)16-13(17-14)15(20)21/h1-4,10,19H,5-9H2,(H,20,21). The number of nitrogens with zero attached hydrogens (tertiary/aromatic N) is 3. The first kappa shape index (κ1) is 13.8. The Bertz CT molecular complexity index is 666. The molecule has 1 aromatic heterocycles. The third kappa shape index (κ3) is 2.67. The predicted octanol–water partition coefficient (Wildman–Crippen LogP) is 1.54. The molecule has 6 heteroatoms. The average molecular weight is 287 g/mol. The number of carbonyl (C=O) groups is 1. The van der Waals surface area contributed by atoms with Crippen LogP contribution in [-0.2, 0) is 0 Å². The van der Waals surface area contributed by atoms with Gasteiger partial charge in [0, 0.05) is 25.1 Å². The van der Waals surface area contributed by atoms with Gasteiger partial charge in [-0.1, -0.05) is 12.1 Å². The molecule has 0 unspecified atom stereocenters. The van der Waals surface area contributed by atoms with Crippen LogP contribution in [0.2, 0.25) is 0 Å². The largest absolute Gasteiger partial charge is 0.475 e. The van der Waals surface area contributed by atoms with Gasteiger partial charge >= 0.3 is 5.97 Å². The highest BCUT2D eigenvalue weighted by Crippen LogP contribution is 2.27. The number of aromatic nitrogens is 2. The summed E-state index contributed by atoms with van der Waals surface area (Å²) in [5, 5.41) is 19.3. The van der Waals surface area contributed by atoms with E-state index >= 15 is 0 Å². The SMILES string of the molecule is O=C(O)c1nc(N2CCC(CO)CC2)c2ccccc2n1. The van der Waals surface area contributed by atoms with Crippen LogP contribution in [0.25, 0.3) is 10.9 Å². The summed E-state index contributed by atoms with van der Waals surface area (Å²) in [5.41, 5.74) is 0.643. The number of rotatable bonds is 3. The van der Waals surface area contributed by atoms with Crippen molar-refractivity contribution in [2.45, 2.75) is 12.8 Å². The molecule has 1 aliphatic rings. The molecule has 1 aliphatic heterocycles. The van der Waals surface area contributed by atoms with Crippen LogP contribution >= 0.6 is 0 Å². The number of aliphatic hydroxyl groups is 1. The van der Waals surface area contributed by atoms with Crippen LogP contribution in [0.5, 0.6) is 0 Å². The zero-order valence-corrected chi connectivity index (χ0v) is 11.6. The van der Waals surface area contributed by atoms with Crippen molar-refractivity contribution in [3.05, 3.63) is 30.1 Å². The molecular formula is C15H17N3O3. The van der Waals surface area contributed by atoms with Crippen molar-refractivity contribution in [2.24, 2.45) is 5.92 Å². The smallest absolute Gasteiger partial charge is 0.374 e. The lowest BCUT2D eigenvalue weighted by molar-refractivity contribution is 0.0684. The van der Waals surface area contributed by atoms with Gasteiger partial charge in [0.25, 0.3) is 0 Å². The van der Waals surface area contributed by atoms with Crippen LogP contribution in [0.4, 0.5) is 5.82 Å². The molecule has 1 fully saturated rings. The minimum Gasteiger partial charge on any atom is -0.475 e. The fourth-order valence-corrected chi connectivity index (χ4v) is 2.72. The highest BCUT2D eigenvalue weighted by Gasteiger charge is 2.22. The average Bonchev–Trinajstić information content (AvgIpc) is 2.54. The predicted molar refractivity (Wildman–Crippen MR) is 78.5 cm³/mol. The maximum Gasteiger partial charge on any atom is 0.374 e. The van der Waals surface area contributed by atoms with Gasteiger partial charge in [0.05, 0.1) is 5.52 Å². The second-order valence-electron chi connectivity index (χ2n) is 5.31. The summed E-state index contributed by atoms with van der Waals surface area (Å²) in [6, 6.07) is 7.45. The second kappa shape index (κ2) is 5.65. The number of carboxylic acid groups (broad SMARTS) is 1. The first-order valence-electron chi connectivity index (χ1n) is 7.05. The summed E-state index contributed by atoms with van der Waals surface area (Å²) in [7, 11) is 0. The van der Waals surface area contributed by atoms with E-state index in [0.29, 0.717) is 17.3 Å². The fourth-order valence-electron chi connectivity index (χ4n) is 2.72. The molecular weight excluding hydrogens is 270 g/mol. The van der Waals surface area contributed by atoms with Crippen molar-refractivity contribution in [1.29, 1.82) is 0 Å². The number of hydrogen-bond acceptors (Lipinski definition) is 5. The van der Waals surface area contributed by atoms with E-state index in [4.69, 9.17) is 0 Å². The molecule has 1 aromatic carbocycles. The summed E-state index contributed by atoms with van der Waals surface area (Å²) in [6.07, 6.45) is 1.77. The molecule has 110 valence electrons. The lowest BCUT2D eigenvalue weighted by Crippen LogP contribution is -2.35. The van der Waals surface area contributed by atoms with Gasteiger partial charge in [-0.15, -0.1) is 0 Å². The Labute approximate surface area is 122 Å². The third-order valence-electron chi connectivity index (χ3n) is 3.95. The van der Waals surface area contributed by atoms with E-state index in [2.05, 4.69) is 14.9 Å². The lowest BCUT2D eigenvalue weighted by atomic mass is 9.98. The number of para-hydroxylation sites is 1. The molecule has 2 aromatic rings. The van der Waals surface area contributed by atoms with Crippen molar-refractivity contribution < 1.29 is 15.0 Å². The maximum atomic E-state index is 11.2. The van der Waals surface area contributed by atoms with E-state index in [1.807, 2.05) is 18.2 Å². The highest BCUT2D eigenvalue weighted by molar-refractivity contribution is 5.93. The minimum absolute atomic E-state index is 0.173. The van der Waals surface area contributed by atoms with Gasteiger partial charge in [-0.2, -0.15) is 0 Å². The Hall–Kier alpha value is -2.21. The molecule has 3 rings (SSSR count). The Balaban J connectivity index is 2.02. The molecule has 6 nitrogen and oxygen atoms in total. The van der Waals surface area contributed by atoms with E-state index < -0.39 is 5.97 Å². The Morgan fingerprint density at radius 2 is 1.95 bits per heavy atom. The van der Waals surface area contributed by atoms with E-state index in [9.17, 15) is 15.0 Å². The van der Waals surface area contributed by atoms with Crippen molar-refractivity contribution >= 4 is 22.7 Å². The normalized spacial score (nSPS) is 16.3. The van der Waals surface area contributed by atoms with Crippen LogP contribution in [0.3, 0.4) is 0 Å². The zero-order chi connectivity index (χ0) is 14.8. The topological polar surface area (TPSA) is 86.5 Å². The summed E-state index contributed by atoms with van der Waals surface area (Å²) < 4.78 is 0. The summed E-state index contributed by atoms with van der Waals surface area (Å²) in [4.78, 5) is 21.6. The third-order valence-corrected chi connectivity index (χ3v) is 3.95. The first-order chi connectivity index (χ1) is 10.2. The molecule has 0 spiro atoms. The van der Waals surface area contributed by atoms with E-state index in [-0.39, 0.29) is 12.4 Å². The number of anilines is 1. The fraction of sp³-hybridized carbons (Fsp3) is 0.400. The Kier molecular flexibility index (Phi) is 3.70. The van der Waals surface area contributed by atoms with Crippen molar-refractivity contribution in [1.82, 2.24) is 9.97 Å². The number of benzene rings is 1. The minimum atomic E-state index is -1.12. The number of fused-ring (bicyclic) bond motifs is 1. The number of carboxylic acids is 1. The number of aliphatic hydroxyl groups excluding tert-OH is 1. The molecule has 0 amide bonds. The van der Waals surface area contributed by atoms with Crippen LogP contribution in [0.1, 0.15) is 23.5 Å². The number of hydrogen-bond donors (Lipinski definition) is 2. The van der Waals surface area contributed by atoms with Crippen LogP contribution in [0.15, 0.2) is 24.3 Å². The first-order valence-corrected chi connectivity index (χ1v) is 7.05. The Morgan fingerprint density at radius 1 is 1.24 bits per heavy atom. The molecule has 2 N–H and O–H groups in total. The molecule has 0 bridgehead atoms. The zero-order valence-electron chi connectivity index (χ0n) is 11.6. The van der Waals surface area contributed by atoms with Gasteiger partial charge < -0.3 is 15.1 Å². The van der Waals surface area contributed by atoms with Gasteiger partial charge in [0.1, 0.15) is 5.82 Å². The molecule has 2 heterocycles. The highest BCUT2D eigenvalue weighted by atomic mass is 16.4. The van der Waals surface area contributed by atoms with Crippen LogP contribution < -0.4 is 4.90 Å². The van der Waals surface area contributed by atoms with Crippen LogP contribution in [-0.4, -0.2) is 45.8 Å². The quantitative estimate of drug-likeness (QED) is 0.890. The van der Waals surface area contributed by atoms with Gasteiger partial charge in [-0.3, -0.25) is 0 Å². The number of aromatic carboxylic acids is 1. The van der Waals surface area contributed by atoms with Gasteiger partial charge in [0.15, 0.2) is 0 Å². The lowest BCUT2D eigenvalue weighted by Gasteiger charge is -2.32. The number of piperidine rings is 1. The van der Waals surface area contributed by atoms with E-state index in [1.165, 1.54) is 0 Å². The molecule has 1 saturated heterocycles. The summed E-state index contributed by atoms with van der Waals surface area (Å²) in [6.45, 7) is 1.75. The van der Waals surface area contributed by atoms with E-state index in [0.717, 1.165) is 31.3 Å². The van der Waals surface area contributed by atoms with Crippen molar-refractivity contribution in [3.63, 3.8) is 0 Å². The maximum absolute atomic E-state index is 11.2. The molecule has 0 saturated carbocycles. The monoisotopic (exact) mass is 287 g/mol. The van der Waals surface area contributed by atoms with Crippen LogP contribution in [0, 0.1) is 5.92 Å². The second-order valence-corrected chi connectivity index (χ2v) is 5.31. The van der Waals surface area contributed by atoms with Gasteiger partial charge in [0.2, 0.25) is 5.82 Å². The Morgan fingerprint density at radius 3 is 2.62 bits per heavy atom.